The summed E-state index contributed by atoms with van der Waals surface area (Å²) in [5, 5.41) is 1.18. The molecule has 1 unspecified atom stereocenters. The number of ether oxygens (including phenoxy) is 1. The van der Waals surface area contributed by atoms with Crippen LogP contribution in [0.25, 0.3) is 10.1 Å². The third kappa shape index (κ3) is 5.57. The Morgan fingerprint density at radius 2 is 2.04 bits per heavy atom. The number of fused-ring (bicyclic) bond motifs is 1. The van der Waals surface area contributed by atoms with Crippen LogP contribution < -0.4 is 8.92 Å². The van der Waals surface area contributed by atoms with Crippen molar-refractivity contribution in [3.8, 4) is 0 Å². The van der Waals surface area contributed by atoms with Gasteiger partial charge < -0.3 is 0 Å². The number of esters is 1. The Morgan fingerprint density at radius 1 is 1.25 bits per heavy atom. The fourth-order valence-electron chi connectivity index (χ4n) is 2.45. The van der Waals surface area contributed by atoms with E-state index in [0.29, 0.717) is 17.4 Å². The topological polar surface area (TPSA) is 26.3 Å². The molecule has 2 nitrogen and oxygen atoms in total. The van der Waals surface area contributed by atoms with Gasteiger partial charge in [-0.1, -0.05) is 0 Å². The number of thiophene rings is 1. The van der Waals surface area contributed by atoms with Crippen LogP contribution in [-0.2, 0) is 4.74 Å². The van der Waals surface area contributed by atoms with Crippen LogP contribution in [0.5, 0.6) is 0 Å². The molecule has 0 fully saturated rings. The molecule has 1 atom stereocenters. The fraction of sp³-hybridized carbons (Fsp3) is 0.471. The molecule has 0 amide bonds. The van der Waals surface area contributed by atoms with E-state index in [-0.39, 0.29) is 32.3 Å². The molecular weight excluding hydrogens is 586 g/mol. The van der Waals surface area contributed by atoms with Crippen molar-refractivity contribution in [2.75, 3.05) is 6.61 Å². The van der Waals surface area contributed by atoms with Crippen LogP contribution in [0.3, 0.4) is 0 Å². The SMILES string of the molecule is CCCCC(CC)COC(=O)c1cc2c([Se]Br)cc([Se]Br)cc2s1. The van der Waals surface area contributed by atoms with E-state index in [9.17, 15) is 4.79 Å². The normalized spacial score (nSPS) is 12.5. The number of hydrogen-bond acceptors (Lipinski definition) is 3. The van der Waals surface area contributed by atoms with Crippen LogP contribution in [0.1, 0.15) is 49.2 Å². The van der Waals surface area contributed by atoms with Gasteiger partial charge in [-0.3, -0.25) is 0 Å². The average Bonchev–Trinajstić information content (AvgIpc) is 3.04. The van der Waals surface area contributed by atoms with Gasteiger partial charge in [0.1, 0.15) is 0 Å². The van der Waals surface area contributed by atoms with E-state index in [1.165, 1.54) is 31.9 Å². The van der Waals surface area contributed by atoms with Gasteiger partial charge in [0.15, 0.2) is 0 Å². The van der Waals surface area contributed by atoms with Gasteiger partial charge in [0.25, 0.3) is 0 Å². The zero-order chi connectivity index (χ0) is 17.5. The Labute approximate surface area is 174 Å². The first-order valence-electron chi connectivity index (χ1n) is 7.94. The molecule has 0 bridgehead atoms. The molecule has 0 N–H and O–H groups in total. The van der Waals surface area contributed by atoms with Gasteiger partial charge in [0.2, 0.25) is 0 Å². The van der Waals surface area contributed by atoms with E-state index >= 15 is 0 Å². The van der Waals surface area contributed by atoms with E-state index in [1.807, 2.05) is 6.07 Å². The molecule has 132 valence electrons. The minimum absolute atomic E-state index is 0.176. The molecular formula is C17H20Br2O2SSe2. The average molecular weight is 606 g/mol. The molecule has 7 heteroatoms. The molecule has 0 saturated carbocycles. The van der Waals surface area contributed by atoms with Crippen LogP contribution in [0.2, 0.25) is 0 Å². The van der Waals surface area contributed by atoms with Crippen molar-refractivity contribution in [2.24, 2.45) is 5.92 Å². The summed E-state index contributed by atoms with van der Waals surface area (Å²) in [5.74, 6) is 0.303. The summed E-state index contributed by atoms with van der Waals surface area (Å²) < 4.78 is 9.37. The van der Waals surface area contributed by atoms with Crippen molar-refractivity contribution in [3.63, 3.8) is 0 Å². The zero-order valence-corrected chi connectivity index (χ0v) is 21.1. The second-order valence-corrected chi connectivity index (χ2v) is 12.6. The van der Waals surface area contributed by atoms with Gasteiger partial charge >= 0.3 is 175 Å². The predicted molar refractivity (Wildman–Crippen MR) is 114 cm³/mol. The molecule has 1 aromatic heterocycles. The van der Waals surface area contributed by atoms with Crippen LogP contribution in [0.15, 0.2) is 18.2 Å². The number of benzene rings is 1. The maximum atomic E-state index is 12.4. The van der Waals surface area contributed by atoms with E-state index in [2.05, 4.69) is 54.2 Å². The Morgan fingerprint density at radius 3 is 2.67 bits per heavy atom. The third-order valence-electron chi connectivity index (χ3n) is 3.94. The third-order valence-corrected chi connectivity index (χ3v) is 10.7. The first-order chi connectivity index (χ1) is 11.6. The summed E-state index contributed by atoms with van der Waals surface area (Å²) in [6, 6.07) is 6.41. The molecule has 0 aliphatic rings. The molecule has 1 aromatic carbocycles. The van der Waals surface area contributed by atoms with Crippen molar-refractivity contribution in [1.29, 1.82) is 0 Å². The summed E-state index contributed by atoms with van der Waals surface area (Å²) in [6.07, 6.45) is 4.59. The molecule has 0 radical (unpaired) electrons. The van der Waals surface area contributed by atoms with Crippen molar-refractivity contribution >= 4 is 90.8 Å². The molecule has 24 heavy (non-hydrogen) atoms. The van der Waals surface area contributed by atoms with Crippen LogP contribution in [-0.4, -0.2) is 38.9 Å². The quantitative estimate of drug-likeness (QED) is 0.310. The first-order valence-corrected chi connectivity index (χ1v) is 18.5. The Bertz CT molecular complexity index is 691. The van der Waals surface area contributed by atoms with Gasteiger partial charge in [-0.05, 0) is 0 Å². The van der Waals surface area contributed by atoms with Crippen molar-refractivity contribution in [3.05, 3.63) is 23.1 Å². The Kier molecular flexibility index (Phi) is 9.35. The Balaban J connectivity index is 2.12. The number of halogens is 2. The van der Waals surface area contributed by atoms with Gasteiger partial charge in [0.05, 0.1) is 0 Å². The maximum absolute atomic E-state index is 12.4. The number of hydrogen-bond donors (Lipinski definition) is 0. The van der Waals surface area contributed by atoms with Crippen molar-refractivity contribution < 1.29 is 9.53 Å². The fourth-order valence-corrected chi connectivity index (χ4v) is 8.10. The molecule has 2 aromatic rings. The zero-order valence-electron chi connectivity index (χ0n) is 13.6. The molecule has 2 rings (SSSR count). The van der Waals surface area contributed by atoms with Gasteiger partial charge in [-0.15, -0.1) is 0 Å². The minimum atomic E-state index is -0.176. The van der Waals surface area contributed by atoms with Crippen LogP contribution in [0, 0.1) is 5.92 Å². The molecule has 0 aliphatic heterocycles. The molecule has 0 saturated heterocycles. The number of unbranched alkanes of at least 4 members (excludes halogenated alkanes) is 1. The number of carbonyl (C=O) groups is 1. The summed E-state index contributed by atoms with van der Waals surface area (Å²) in [7, 11) is 0. The number of rotatable bonds is 9. The molecule has 1 heterocycles. The summed E-state index contributed by atoms with van der Waals surface area (Å²) in [4.78, 5) is 13.2. The second-order valence-electron chi connectivity index (χ2n) is 5.61. The van der Waals surface area contributed by atoms with Gasteiger partial charge in [-0.25, -0.2) is 0 Å². The molecule has 0 spiro atoms. The molecule has 0 aliphatic carbocycles. The van der Waals surface area contributed by atoms with Crippen LogP contribution in [0.4, 0.5) is 0 Å². The number of carbonyl (C=O) groups excluding carboxylic acids is 1. The monoisotopic (exact) mass is 606 g/mol. The predicted octanol–water partition coefficient (Wildman–Crippen LogP) is 4.55. The summed E-state index contributed by atoms with van der Waals surface area (Å²) in [5.41, 5.74) is 0. The summed E-state index contributed by atoms with van der Waals surface area (Å²) in [6.45, 7) is 4.90. The van der Waals surface area contributed by atoms with Crippen LogP contribution >= 0.6 is 39.6 Å². The summed E-state index contributed by atoms with van der Waals surface area (Å²) >= 11 is 9.25. The van der Waals surface area contributed by atoms with Crippen molar-refractivity contribution in [1.82, 2.24) is 0 Å². The Hall–Kier alpha value is 0.649. The second kappa shape index (κ2) is 10.7. The van der Waals surface area contributed by atoms with E-state index in [4.69, 9.17) is 4.74 Å². The first kappa shape index (κ1) is 21.0. The van der Waals surface area contributed by atoms with E-state index in [1.54, 1.807) is 11.3 Å². The van der Waals surface area contributed by atoms with E-state index in [0.717, 1.165) is 12.8 Å². The van der Waals surface area contributed by atoms with Gasteiger partial charge in [0, 0.05) is 0 Å². The van der Waals surface area contributed by atoms with E-state index < -0.39 is 0 Å². The van der Waals surface area contributed by atoms with Gasteiger partial charge in [-0.2, -0.15) is 0 Å². The van der Waals surface area contributed by atoms with Crippen molar-refractivity contribution in [2.45, 2.75) is 39.5 Å². The standard InChI is InChI=1S/C17H20Br2O2SSe2/c1-3-5-6-11(4-2)10-21-17(20)15-9-13-14(22-15)7-12(23-18)8-16(13)24-19/h7-9,11H,3-6,10H2,1-2H3.